The number of halogens is 2. The van der Waals surface area contributed by atoms with Crippen molar-refractivity contribution >= 4 is 36.5 Å². The summed E-state index contributed by atoms with van der Waals surface area (Å²) in [5.74, 6) is 0.795. The maximum Gasteiger partial charge on any atom is 0.0806 e. The second-order valence-corrected chi connectivity index (χ2v) is 10.5. The molecule has 0 saturated heterocycles. The first-order valence-electron chi connectivity index (χ1n) is 5.88. The minimum absolute atomic E-state index is 0.795. The van der Waals surface area contributed by atoms with Crippen molar-refractivity contribution in [2.45, 2.75) is 38.4 Å². The molecule has 0 saturated carbocycles. The van der Waals surface area contributed by atoms with Crippen molar-refractivity contribution in [2.75, 3.05) is 5.88 Å². The van der Waals surface area contributed by atoms with E-state index >= 15 is 0 Å². The maximum atomic E-state index is 5.91. The fourth-order valence-electron chi connectivity index (χ4n) is 1.88. The van der Waals surface area contributed by atoms with Gasteiger partial charge in [0.15, 0.2) is 0 Å². The highest BCUT2D eigenvalue weighted by molar-refractivity contribution is 6.89. The molecule has 0 aliphatic carbocycles. The van der Waals surface area contributed by atoms with Gasteiger partial charge in [0, 0.05) is 10.9 Å². The van der Waals surface area contributed by atoms with Gasteiger partial charge in [-0.05, 0) is 18.6 Å². The highest BCUT2D eigenvalue weighted by atomic mass is 35.5. The fourth-order valence-corrected chi connectivity index (χ4v) is 4.69. The Morgan fingerprint density at radius 2 is 1.62 bits per heavy atom. The number of hydrogen-bond donors (Lipinski definition) is 0. The fraction of sp³-hybridized carbons (Fsp3) is 0.538. The van der Waals surface area contributed by atoms with Crippen LogP contribution in [0, 0.1) is 0 Å². The molecular weight excluding hydrogens is 255 g/mol. The van der Waals surface area contributed by atoms with E-state index in [1.165, 1.54) is 24.1 Å². The molecule has 0 aromatic heterocycles. The molecule has 0 amide bonds. The van der Waals surface area contributed by atoms with E-state index in [0.29, 0.717) is 0 Å². The third-order valence-corrected chi connectivity index (χ3v) is 7.08. The van der Waals surface area contributed by atoms with Gasteiger partial charge in [0.25, 0.3) is 0 Å². The second kappa shape index (κ2) is 6.68. The van der Waals surface area contributed by atoms with Gasteiger partial charge in [-0.2, -0.15) is 0 Å². The summed E-state index contributed by atoms with van der Waals surface area (Å²) >= 11 is 11.6. The van der Waals surface area contributed by atoms with Crippen LogP contribution in [0.25, 0.3) is 0 Å². The van der Waals surface area contributed by atoms with Crippen molar-refractivity contribution < 1.29 is 0 Å². The van der Waals surface area contributed by atoms with Crippen molar-refractivity contribution in [2.24, 2.45) is 0 Å². The highest BCUT2D eigenvalue weighted by Crippen LogP contribution is 2.16. The lowest BCUT2D eigenvalue weighted by Crippen LogP contribution is -2.40. The molecule has 1 aromatic rings. The Hall–Kier alpha value is 0.0169. The van der Waals surface area contributed by atoms with E-state index in [1.807, 2.05) is 12.1 Å². The first kappa shape index (κ1) is 14.1. The maximum absolute atomic E-state index is 5.91. The molecule has 0 radical (unpaired) electrons. The van der Waals surface area contributed by atoms with E-state index in [0.717, 1.165) is 17.3 Å². The van der Waals surface area contributed by atoms with E-state index in [1.54, 1.807) is 0 Å². The van der Waals surface area contributed by atoms with Gasteiger partial charge in [-0.1, -0.05) is 60.9 Å². The summed E-state index contributed by atoms with van der Waals surface area (Å²) in [4.78, 5) is 0. The Balaban J connectivity index is 2.52. The van der Waals surface area contributed by atoms with Crippen LogP contribution in [0.3, 0.4) is 0 Å². The molecule has 0 N–H and O–H groups in total. The Morgan fingerprint density at radius 1 is 1.00 bits per heavy atom. The predicted molar refractivity (Wildman–Crippen MR) is 77.9 cm³/mol. The quantitative estimate of drug-likeness (QED) is 0.402. The zero-order valence-electron chi connectivity index (χ0n) is 10.1. The van der Waals surface area contributed by atoms with Crippen LogP contribution in [0.1, 0.15) is 19.3 Å². The van der Waals surface area contributed by atoms with E-state index < -0.39 is 8.07 Å². The average molecular weight is 275 g/mol. The second-order valence-electron chi connectivity index (χ2n) is 4.89. The highest BCUT2D eigenvalue weighted by Gasteiger charge is 2.22. The van der Waals surface area contributed by atoms with Crippen LogP contribution in [0.5, 0.6) is 0 Å². The summed E-state index contributed by atoms with van der Waals surface area (Å²) in [6.45, 7) is 4.86. The van der Waals surface area contributed by atoms with Crippen LogP contribution >= 0.6 is 23.2 Å². The van der Waals surface area contributed by atoms with Gasteiger partial charge in [-0.15, -0.1) is 11.6 Å². The Labute approximate surface area is 110 Å². The van der Waals surface area contributed by atoms with E-state index in [2.05, 4.69) is 25.2 Å². The lowest BCUT2D eigenvalue weighted by atomic mass is 10.3. The van der Waals surface area contributed by atoms with Gasteiger partial charge in [0.1, 0.15) is 0 Å². The van der Waals surface area contributed by atoms with Crippen LogP contribution < -0.4 is 5.19 Å². The van der Waals surface area contributed by atoms with Crippen LogP contribution in [0.4, 0.5) is 0 Å². The number of unbranched alkanes of at least 4 members (excludes halogenated alkanes) is 2. The minimum Gasteiger partial charge on any atom is -0.127 e. The van der Waals surface area contributed by atoms with Crippen molar-refractivity contribution in [1.29, 1.82) is 0 Å². The first-order valence-corrected chi connectivity index (χ1v) is 10.0. The molecule has 0 aliphatic rings. The summed E-state index contributed by atoms with van der Waals surface area (Å²) in [6.07, 6.45) is 3.70. The van der Waals surface area contributed by atoms with Crippen LogP contribution in [0.2, 0.25) is 24.2 Å². The monoisotopic (exact) mass is 274 g/mol. The minimum atomic E-state index is -1.25. The molecule has 90 valence electrons. The van der Waals surface area contributed by atoms with Crippen LogP contribution in [-0.4, -0.2) is 14.0 Å². The third kappa shape index (κ3) is 4.48. The summed E-state index contributed by atoms with van der Waals surface area (Å²) in [6, 6.07) is 9.73. The number of hydrogen-bond acceptors (Lipinski definition) is 0. The van der Waals surface area contributed by atoms with Gasteiger partial charge in [-0.3, -0.25) is 0 Å². The third-order valence-electron chi connectivity index (χ3n) is 3.06. The summed E-state index contributed by atoms with van der Waals surface area (Å²) in [7, 11) is -1.25. The van der Waals surface area contributed by atoms with E-state index in [4.69, 9.17) is 23.2 Å². The van der Waals surface area contributed by atoms with Gasteiger partial charge in [0.05, 0.1) is 8.07 Å². The average Bonchev–Trinajstić information content (AvgIpc) is 2.25. The van der Waals surface area contributed by atoms with Crippen molar-refractivity contribution in [3.05, 3.63) is 29.3 Å². The molecule has 3 heteroatoms. The SMILES string of the molecule is C[Si](C)(CCCCCCl)c1ccc(Cl)cc1. The molecular formula is C13H20Cl2Si. The van der Waals surface area contributed by atoms with Gasteiger partial charge >= 0.3 is 0 Å². The number of rotatable bonds is 6. The first-order chi connectivity index (χ1) is 7.56. The predicted octanol–water partition coefficient (Wildman–Crippen LogP) is 4.66. The summed E-state index contributed by atoms with van der Waals surface area (Å²) in [5.41, 5.74) is 0. The molecule has 0 atom stereocenters. The van der Waals surface area contributed by atoms with Gasteiger partial charge < -0.3 is 0 Å². The van der Waals surface area contributed by atoms with Crippen LogP contribution in [0.15, 0.2) is 24.3 Å². The van der Waals surface area contributed by atoms with Gasteiger partial charge in [-0.25, -0.2) is 0 Å². The summed E-state index contributed by atoms with van der Waals surface area (Å²) < 4.78 is 0. The molecule has 0 fully saturated rings. The smallest absolute Gasteiger partial charge is 0.0806 e. The molecule has 0 unspecified atom stereocenters. The zero-order chi connectivity index (χ0) is 12.0. The molecule has 0 spiro atoms. The molecule has 0 heterocycles. The number of alkyl halides is 1. The molecule has 1 rings (SSSR count). The Bertz CT molecular complexity index is 306. The largest absolute Gasteiger partial charge is 0.127 e. The standard InChI is InChI=1S/C13H20Cl2Si/c1-16(2,11-5-3-4-10-14)13-8-6-12(15)7-9-13/h6-9H,3-5,10-11H2,1-2H3. The summed E-state index contributed by atoms with van der Waals surface area (Å²) in [5, 5.41) is 2.33. The van der Waals surface area contributed by atoms with Crippen LogP contribution in [-0.2, 0) is 0 Å². The Morgan fingerprint density at radius 3 is 2.19 bits per heavy atom. The molecule has 0 bridgehead atoms. The van der Waals surface area contributed by atoms with Crippen molar-refractivity contribution in [3.63, 3.8) is 0 Å². The van der Waals surface area contributed by atoms with Crippen molar-refractivity contribution in [3.8, 4) is 0 Å². The normalized spacial score (nSPS) is 11.8. The lowest BCUT2D eigenvalue weighted by molar-refractivity contribution is 0.768. The van der Waals surface area contributed by atoms with Gasteiger partial charge in [0.2, 0.25) is 0 Å². The molecule has 0 nitrogen and oxygen atoms in total. The zero-order valence-corrected chi connectivity index (χ0v) is 12.6. The number of benzene rings is 1. The Kier molecular flexibility index (Phi) is 5.88. The molecule has 16 heavy (non-hydrogen) atoms. The molecule has 1 aromatic carbocycles. The molecule has 0 aliphatic heterocycles. The van der Waals surface area contributed by atoms with E-state index in [-0.39, 0.29) is 0 Å². The topological polar surface area (TPSA) is 0 Å². The lowest BCUT2D eigenvalue weighted by Gasteiger charge is -2.22. The van der Waals surface area contributed by atoms with Crippen molar-refractivity contribution in [1.82, 2.24) is 0 Å². The van der Waals surface area contributed by atoms with E-state index in [9.17, 15) is 0 Å².